The molecule has 0 N–H and O–H groups in total. The lowest BCUT2D eigenvalue weighted by molar-refractivity contribution is 1.29. The first-order chi connectivity index (χ1) is 40.1. The van der Waals surface area contributed by atoms with E-state index in [0.717, 1.165) is 117 Å². The molecule has 0 radical (unpaired) electrons. The van der Waals surface area contributed by atoms with E-state index >= 15 is 0 Å². The molecule has 0 fully saturated rings. The van der Waals surface area contributed by atoms with Gasteiger partial charge in [-0.1, -0.05) is 225 Å². The second-order valence-electron chi connectivity index (χ2n) is 18.3. The van der Waals surface area contributed by atoms with Crippen molar-refractivity contribution >= 4 is 96.4 Å². The van der Waals surface area contributed by atoms with Gasteiger partial charge in [0.15, 0.2) is 0 Å². The molecule has 0 spiro atoms. The zero-order valence-corrected chi connectivity index (χ0v) is 46.4. The zero-order valence-electron chi connectivity index (χ0n) is 44.8. The summed E-state index contributed by atoms with van der Waals surface area (Å²) < 4.78 is 19.5. The largest absolute Gasteiger partial charge is 0.308 e. The maximum Gasteiger partial charge on any atom is 0.130 e. The number of para-hydroxylation sites is 2. The van der Waals surface area contributed by atoms with Crippen LogP contribution >= 0.6 is 23.5 Å². The summed E-state index contributed by atoms with van der Waals surface area (Å²) >= 11 is 2.36. The van der Waals surface area contributed by atoms with Crippen molar-refractivity contribution in [2.45, 2.75) is 6.92 Å². The van der Waals surface area contributed by atoms with Gasteiger partial charge in [0.2, 0.25) is 0 Å². The lowest BCUT2D eigenvalue weighted by Gasteiger charge is -2.26. The number of benzene rings is 9. The Bertz CT molecular complexity index is 4120. The minimum Gasteiger partial charge on any atom is -0.308 e. The summed E-state index contributed by atoms with van der Waals surface area (Å²) in [5.74, 6) is 6.97. The number of hydrogen-bond acceptors (Lipinski definition) is 8. The molecule has 6 nitrogen and oxygen atoms in total. The van der Waals surface area contributed by atoms with Crippen molar-refractivity contribution < 1.29 is 0 Å². The fourth-order valence-corrected chi connectivity index (χ4v) is 11.0. The zero-order chi connectivity index (χ0) is 55.8. The number of allylic oxidation sites excluding steroid dienone is 10. The van der Waals surface area contributed by atoms with E-state index in [4.69, 9.17) is 17.5 Å². The van der Waals surface area contributed by atoms with E-state index in [-0.39, 0.29) is 0 Å². The van der Waals surface area contributed by atoms with E-state index in [1.165, 1.54) is 23.5 Å². The van der Waals surface area contributed by atoms with Crippen molar-refractivity contribution in [3.63, 3.8) is 0 Å². The summed E-state index contributed by atoms with van der Waals surface area (Å²) in [5, 5.41) is 0. The van der Waals surface area contributed by atoms with Crippen LogP contribution in [0, 0.1) is 11.8 Å². The average molecular weight is 1080 g/mol. The fraction of sp³-hybridized carbons (Fsp3) is 0.0137. The molecule has 390 valence electrons. The van der Waals surface area contributed by atoms with Crippen LogP contribution in [0.4, 0.5) is 34.1 Å². The van der Waals surface area contributed by atoms with Crippen LogP contribution in [0.1, 0.15) is 45.9 Å². The van der Waals surface area contributed by atoms with Gasteiger partial charge < -0.3 is 9.80 Å². The Hall–Kier alpha value is -10.3. The van der Waals surface area contributed by atoms with Gasteiger partial charge in [-0.05, 0) is 130 Å². The molecule has 11 aromatic rings. The van der Waals surface area contributed by atoms with E-state index in [2.05, 4.69) is 254 Å². The molecular formula is C73H56N6S2. The smallest absolute Gasteiger partial charge is 0.130 e. The molecule has 9 aromatic carbocycles. The van der Waals surface area contributed by atoms with E-state index in [9.17, 15) is 0 Å². The van der Waals surface area contributed by atoms with Gasteiger partial charge in [0.05, 0.1) is 46.0 Å². The molecule has 0 bridgehead atoms. The van der Waals surface area contributed by atoms with E-state index in [0.29, 0.717) is 0 Å². The number of anilines is 6. The highest BCUT2D eigenvalue weighted by atomic mass is 32.1. The predicted octanol–water partition coefficient (Wildman–Crippen LogP) is 19.7. The highest BCUT2D eigenvalue weighted by molar-refractivity contribution is 7.00. The lowest BCUT2D eigenvalue weighted by Crippen LogP contribution is -2.11. The molecule has 0 aliphatic heterocycles. The van der Waals surface area contributed by atoms with Crippen LogP contribution in [0.3, 0.4) is 0 Å². The Morgan fingerprint density at radius 1 is 0.395 bits per heavy atom. The van der Waals surface area contributed by atoms with Crippen LogP contribution in [0.15, 0.2) is 305 Å². The third kappa shape index (κ3) is 11.9. The maximum absolute atomic E-state index is 4.94. The van der Waals surface area contributed by atoms with Gasteiger partial charge in [0, 0.05) is 22.7 Å². The number of fused-ring (bicyclic) bond motifs is 2. The summed E-state index contributed by atoms with van der Waals surface area (Å²) in [6, 6.07) is 78.5. The molecule has 2 heterocycles. The molecule has 0 atom stereocenters. The van der Waals surface area contributed by atoms with Crippen molar-refractivity contribution in [3.05, 3.63) is 344 Å². The first kappa shape index (κ1) is 54.1. The van der Waals surface area contributed by atoms with Gasteiger partial charge in [0.25, 0.3) is 0 Å². The number of rotatable bonds is 16. The Morgan fingerprint density at radius 2 is 0.765 bits per heavy atom. The molecule has 11 rings (SSSR count). The molecular weight excluding hydrogens is 1020 g/mol. The first-order valence-corrected chi connectivity index (χ1v) is 27.9. The van der Waals surface area contributed by atoms with Crippen LogP contribution < -0.4 is 9.80 Å². The van der Waals surface area contributed by atoms with Crippen molar-refractivity contribution in [1.29, 1.82) is 0 Å². The van der Waals surface area contributed by atoms with E-state index in [1.54, 1.807) is 6.08 Å². The lowest BCUT2D eigenvalue weighted by atomic mass is 9.86. The molecule has 0 saturated carbocycles. The standard InChI is InChI=1S/C71H52N6S2.C2H4/c1-4-7-13-36-63(51(24-5-2)25-6-3)52-39-45-61(46-40-52)76(59-32-20-11-21-33-59)64-49-43-57(68-70(64)74-78-72-68)37-38-58-44-50-65(71-69(58)73-79-75-71)77(60-34-22-12-23-35-60)62-47-41-56(42-48-62)67(55-30-18-10-19-31-55)66(53-26-14-8-15-27-53)54-28-16-9-17-29-54;1-2/h4-36,39-50H,1-2H2,3H3;1-2H2/b13-7+,25-6-,51-24+,63-36-;. The quantitative estimate of drug-likeness (QED) is 0.0416. The highest BCUT2D eigenvalue weighted by Crippen LogP contribution is 2.43. The topological polar surface area (TPSA) is 58.0 Å². The van der Waals surface area contributed by atoms with Crippen molar-refractivity contribution in [2.24, 2.45) is 0 Å². The van der Waals surface area contributed by atoms with E-state index in [1.807, 2.05) is 67.6 Å². The van der Waals surface area contributed by atoms with Crippen LogP contribution in [-0.2, 0) is 0 Å². The average Bonchev–Trinajstić information content (AvgIpc) is 4.29. The van der Waals surface area contributed by atoms with Crippen molar-refractivity contribution in [1.82, 2.24) is 17.5 Å². The van der Waals surface area contributed by atoms with Gasteiger partial charge in [-0.2, -0.15) is 17.5 Å². The fourth-order valence-electron chi connectivity index (χ4n) is 9.84. The number of aromatic nitrogens is 4. The summed E-state index contributed by atoms with van der Waals surface area (Å²) in [6.07, 6.45) is 15.8. The van der Waals surface area contributed by atoms with Crippen LogP contribution in [-0.4, -0.2) is 17.5 Å². The monoisotopic (exact) mass is 1080 g/mol. The Morgan fingerprint density at radius 3 is 1.16 bits per heavy atom. The van der Waals surface area contributed by atoms with Crippen LogP contribution in [0.5, 0.6) is 0 Å². The predicted molar refractivity (Wildman–Crippen MR) is 346 cm³/mol. The molecule has 8 heteroatoms. The molecule has 0 amide bonds. The van der Waals surface area contributed by atoms with Gasteiger partial charge >= 0.3 is 0 Å². The van der Waals surface area contributed by atoms with E-state index < -0.39 is 0 Å². The van der Waals surface area contributed by atoms with Gasteiger partial charge in [0.1, 0.15) is 22.1 Å². The third-order valence-electron chi connectivity index (χ3n) is 13.4. The molecule has 0 unspecified atom stereocenters. The summed E-state index contributed by atoms with van der Waals surface area (Å²) in [4.78, 5) is 4.47. The summed E-state index contributed by atoms with van der Waals surface area (Å²) in [5.41, 5.74) is 20.2. The van der Waals surface area contributed by atoms with Crippen LogP contribution in [0.2, 0.25) is 0 Å². The number of nitrogens with zero attached hydrogens (tertiary/aromatic N) is 6. The Kier molecular flexibility index (Phi) is 17.6. The molecule has 0 saturated heterocycles. The second-order valence-corrected chi connectivity index (χ2v) is 19.3. The van der Waals surface area contributed by atoms with Crippen molar-refractivity contribution in [2.75, 3.05) is 9.80 Å². The van der Waals surface area contributed by atoms with Crippen LogP contribution in [0.25, 0.3) is 38.8 Å². The highest BCUT2D eigenvalue weighted by Gasteiger charge is 2.23. The maximum atomic E-state index is 4.94. The molecule has 0 aliphatic rings. The second kappa shape index (κ2) is 26.4. The van der Waals surface area contributed by atoms with Gasteiger partial charge in [-0.3, -0.25) is 0 Å². The van der Waals surface area contributed by atoms with Gasteiger partial charge in [-0.25, -0.2) is 0 Å². The normalized spacial score (nSPS) is 11.4. The molecule has 2 aromatic heterocycles. The summed E-state index contributed by atoms with van der Waals surface area (Å²) in [6.45, 7) is 15.8. The third-order valence-corrected chi connectivity index (χ3v) is 14.4. The minimum absolute atomic E-state index is 0.727. The van der Waals surface area contributed by atoms with Crippen molar-refractivity contribution in [3.8, 4) is 11.8 Å². The van der Waals surface area contributed by atoms with Gasteiger partial charge in [-0.15, -0.1) is 13.2 Å². The minimum atomic E-state index is 0.727. The molecule has 81 heavy (non-hydrogen) atoms. The first-order valence-electron chi connectivity index (χ1n) is 26.4. The summed E-state index contributed by atoms with van der Waals surface area (Å²) in [7, 11) is 0. The Balaban J connectivity index is 0.00000364. The molecule has 0 aliphatic carbocycles. The Labute approximate surface area is 483 Å². The SMILES string of the molecule is C=C.C=C/C=C/C=C(C(/C=C\C)=C/C=C)\c1ccc(N(c2ccccc2)c2ccc(C#Cc3ccc(N(c4ccccc4)c4ccc(C(=C(c5ccccc5)c5ccccc5)c5ccccc5)cc4)c4nsnc34)c3nsnc23)cc1. The number of hydrogen-bond donors (Lipinski definition) is 0.